The molecule has 130 valence electrons. The first-order valence-corrected chi connectivity index (χ1v) is 9.73. The Balaban J connectivity index is 1.70. The van der Waals surface area contributed by atoms with E-state index in [4.69, 9.17) is 0 Å². The van der Waals surface area contributed by atoms with Gasteiger partial charge in [-0.15, -0.1) is 0 Å². The monoisotopic (exact) mass is 326 g/mol. The van der Waals surface area contributed by atoms with Crippen LogP contribution < -0.4 is 0 Å². The molecule has 0 saturated heterocycles. The molecule has 0 amide bonds. The number of aromatic hydroxyl groups is 1. The van der Waals surface area contributed by atoms with Gasteiger partial charge in [0.1, 0.15) is 5.75 Å². The highest BCUT2D eigenvalue weighted by Gasteiger charge is 2.52. The van der Waals surface area contributed by atoms with Crippen LogP contribution >= 0.6 is 0 Å². The highest BCUT2D eigenvalue weighted by molar-refractivity contribution is 5.46. The molecule has 2 fully saturated rings. The molecule has 0 spiro atoms. The summed E-state index contributed by atoms with van der Waals surface area (Å²) in [6.45, 7) is 4.77. The number of rotatable bonds is 2. The summed E-state index contributed by atoms with van der Waals surface area (Å²) in [5.74, 6) is 2.70. The number of hydrogen-bond acceptors (Lipinski definition) is 2. The van der Waals surface area contributed by atoms with Gasteiger partial charge in [0.15, 0.2) is 0 Å². The Hall–Kier alpha value is -1.28. The summed E-state index contributed by atoms with van der Waals surface area (Å²) in [6, 6.07) is 4.35. The second kappa shape index (κ2) is 5.91. The van der Waals surface area contributed by atoms with Crippen molar-refractivity contribution in [3.05, 3.63) is 40.5 Å². The van der Waals surface area contributed by atoms with Crippen LogP contribution in [0.2, 0.25) is 0 Å². The molecule has 1 aromatic rings. The van der Waals surface area contributed by atoms with Crippen molar-refractivity contribution in [2.24, 2.45) is 17.3 Å². The standard InChI is InChI=1S/C22H30O2/c1-3-14-12-19-15(13-21(14)24)4-6-18-17(19)8-10-22(2)16(9-11-23)5-7-20(18)22/h9,12-13,17-18,20,23-24H,3-8,10-11H2,1-2H3/b16-9+. The topological polar surface area (TPSA) is 40.5 Å². The second-order valence-electron chi connectivity index (χ2n) is 8.36. The van der Waals surface area contributed by atoms with Crippen LogP contribution in [-0.2, 0) is 12.8 Å². The Labute approximate surface area is 145 Å². The van der Waals surface area contributed by atoms with Crippen molar-refractivity contribution in [2.45, 2.75) is 64.7 Å². The number of fused-ring (bicyclic) bond motifs is 5. The molecule has 0 bridgehead atoms. The van der Waals surface area contributed by atoms with Gasteiger partial charge in [0.25, 0.3) is 0 Å². The van der Waals surface area contributed by atoms with E-state index in [1.54, 1.807) is 0 Å². The predicted octanol–water partition coefficient (Wildman–Crippen LogP) is 4.73. The lowest BCUT2D eigenvalue weighted by Crippen LogP contribution is -2.40. The van der Waals surface area contributed by atoms with E-state index in [1.165, 1.54) is 48.8 Å². The molecule has 3 aliphatic rings. The van der Waals surface area contributed by atoms with Crippen LogP contribution in [0.15, 0.2) is 23.8 Å². The molecule has 2 heteroatoms. The first-order valence-electron chi connectivity index (χ1n) is 9.73. The third kappa shape index (κ3) is 2.26. The van der Waals surface area contributed by atoms with Crippen molar-refractivity contribution in [2.75, 3.05) is 6.61 Å². The molecule has 4 unspecified atom stereocenters. The van der Waals surface area contributed by atoms with Crippen LogP contribution in [0.4, 0.5) is 0 Å². The van der Waals surface area contributed by atoms with Gasteiger partial charge in [0.05, 0.1) is 6.61 Å². The van der Waals surface area contributed by atoms with E-state index in [1.807, 2.05) is 6.07 Å². The number of aryl methyl sites for hydroxylation is 2. The van der Waals surface area contributed by atoms with Crippen LogP contribution in [0.3, 0.4) is 0 Å². The van der Waals surface area contributed by atoms with Crippen LogP contribution in [0.25, 0.3) is 0 Å². The van der Waals surface area contributed by atoms with Crippen molar-refractivity contribution in [1.82, 2.24) is 0 Å². The molecule has 4 atom stereocenters. The maximum absolute atomic E-state index is 10.2. The smallest absolute Gasteiger partial charge is 0.119 e. The number of phenols is 1. The summed E-state index contributed by atoms with van der Waals surface area (Å²) in [4.78, 5) is 0. The van der Waals surface area contributed by atoms with E-state index in [0.29, 0.717) is 17.1 Å². The van der Waals surface area contributed by atoms with Crippen LogP contribution in [0.1, 0.15) is 68.6 Å². The van der Waals surface area contributed by atoms with Gasteiger partial charge in [-0.3, -0.25) is 0 Å². The summed E-state index contributed by atoms with van der Waals surface area (Å²) in [5.41, 5.74) is 5.85. The lowest BCUT2D eigenvalue weighted by atomic mass is 9.55. The van der Waals surface area contributed by atoms with E-state index in [9.17, 15) is 10.2 Å². The number of benzene rings is 1. The lowest BCUT2D eigenvalue weighted by molar-refractivity contribution is 0.0809. The minimum atomic E-state index is 0.188. The van der Waals surface area contributed by atoms with Crippen LogP contribution in [0.5, 0.6) is 5.75 Å². The fourth-order valence-electron chi connectivity index (χ4n) is 6.23. The normalized spacial score (nSPS) is 36.3. The average Bonchev–Trinajstić information content (AvgIpc) is 2.91. The summed E-state index contributed by atoms with van der Waals surface area (Å²) in [6.07, 6.45) is 10.3. The molecule has 2 nitrogen and oxygen atoms in total. The summed E-state index contributed by atoms with van der Waals surface area (Å²) < 4.78 is 0. The number of allylic oxidation sites excluding steroid dienone is 1. The zero-order chi connectivity index (χ0) is 16.9. The third-order valence-corrected chi connectivity index (χ3v) is 7.49. The maximum atomic E-state index is 10.2. The van der Waals surface area contributed by atoms with Gasteiger partial charge in [-0.2, -0.15) is 0 Å². The molecule has 2 saturated carbocycles. The molecule has 24 heavy (non-hydrogen) atoms. The first-order chi connectivity index (χ1) is 11.6. The SMILES string of the molecule is CCc1cc2c(cc1O)CCC1C2CCC2(C)/C(=C/CO)CCC12. The second-order valence-corrected chi connectivity index (χ2v) is 8.36. The van der Waals surface area contributed by atoms with Crippen molar-refractivity contribution in [1.29, 1.82) is 0 Å². The number of phenolic OH excluding ortho intramolecular Hbond substituents is 1. The van der Waals surface area contributed by atoms with Gasteiger partial charge in [-0.25, -0.2) is 0 Å². The van der Waals surface area contributed by atoms with Gasteiger partial charge < -0.3 is 10.2 Å². The molecular weight excluding hydrogens is 296 g/mol. The lowest BCUT2D eigenvalue weighted by Gasteiger charge is -2.49. The zero-order valence-corrected chi connectivity index (χ0v) is 15.0. The summed E-state index contributed by atoms with van der Waals surface area (Å²) in [7, 11) is 0. The molecule has 0 radical (unpaired) electrons. The quantitative estimate of drug-likeness (QED) is 0.771. The summed E-state index contributed by atoms with van der Waals surface area (Å²) in [5, 5.41) is 19.6. The van der Waals surface area contributed by atoms with Gasteiger partial charge >= 0.3 is 0 Å². The summed E-state index contributed by atoms with van der Waals surface area (Å²) >= 11 is 0. The van der Waals surface area contributed by atoms with Gasteiger partial charge in [-0.05, 0) is 90.9 Å². The largest absolute Gasteiger partial charge is 0.508 e. The van der Waals surface area contributed by atoms with Crippen LogP contribution in [0, 0.1) is 17.3 Å². The van der Waals surface area contributed by atoms with Crippen molar-refractivity contribution in [3.8, 4) is 5.75 Å². The number of aliphatic hydroxyl groups is 1. The molecule has 2 N–H and O–H groups in total. The molecule has 4 rings (SSSR count). The van der Waals surface area contributed by atoms with E-state index >= 15 is 0 Å². The van der Waals surface area contributed by atoms with Crippen LogP contribution in [-0.4, -0.2) is 16.8 Å². The molecule has 3 aliphatic carbocycles. The van der Waals surface area contributed by atoms with Gasteiger partial charge in [0, 0.05) is 0 Å². The van der Waals surface area contributed by atoms with Crippen molar-refractivity contribution < 1.29 is 10.2 Å². The molecule has 0 heterocycles. The highest BCUT2D eigenvalue weighted by Crippen LogP contribution is 2.62. The zero-order valence-electron chi connectivity index (χ0n) is 15.0. The maximum Gasteiger partial charge on any atom is 0.119 e. The third-order valence-electron chi connectivity index (χ3n) is 7.49. The number of aliphatic hydroxyl groups excluding tert-OH is 1. The number of hydrogen-bond donors (Lipinski definition) is 2. The fraction of sp³-hybridized carbons (Fsp3) is 0.636. The van der Waals surface area contributed by atoms with E-state index in [0.717, 1.165) is 30.2 Å². The minimum Gasteiger partial charge on any atom is -0.508 e. The molecule has 0 aliphatic heterocycles. The molecular formula is C22H30O2. The Bertz CT molecular complexity index is 675. The highest BCUT2D eigenvalue weighted by atomic mass is 16.3. The van der Waals surface area contributed by atoms with Gasteiger partial charge in [-0.1, -0.05) is 31.6 Å². The molecule has 0 aromatic heterocycles. The van der Waals surface area contributed by atoms with E-state index in [2.05, 4.69) is 26.0 Å². The molecule has 1 aromatic carbocycles. The average molecular weight is 326 g/mol. The van der Waals surface area contributed by atoms with E-state index in [-0.39, 0.29) is 6.61 Å². The minimum absolute atomic E-state index is 0.188. The predicted molar refractivity (Wildman–Crippen MR) is 97.3 cm³/mol. The van der Waals surface area contributed by atoms with Crippen molar-refractivity contribution in [3.63, 3.8) is 0 Å². The van der Waals surface area contributed by atoms with E-state index < -0.39 is 0 Å². The Morgan fingerprint density at radius 1 is 1.21 bits per heavy atom. The van der Waals surface area contributed by atoms with Gasteiger partial charge in [0.2, 0.25) is 0 Å². The first kappa shape index (κ1) is 16.2. The fourth-order valence-corrected chi connectivity index (χ4v) is 6.23. The Morgan fingerprint density at radius 3 is 2.79 bits per heavy atom. The Kier molecular flexibility index (Phi) is 3.99. The van der Waals surface area contributed by atoms with Crippen molar-refractivity contribution >= 4 is 0 Å². The Morgan fingerprint density at radius 2 is 2.04 bits per heavy atom.